The summed E-state index contributed by atoms with van der Waals surface area (Å²) >= 11 is 7.01. The van der Waals surface area contributed by atoms with Crippen molar-refractivity contribution in [1.29, 1.82) is 0 Å². The van der Waals surface area contributed by atoms with Gasteiger partial charge in [0.2, 0.25) is 0 Å². The molecule has 3 nitrogen and oxygen atoms in total. The first-order valence-electron chi connectivity index (χ1n) is 6.07. The number of fused-ring (bicyclic) bond motifs is 1. The van der Waals surface area contributed by atoms with E-state index in [-0.39, 0.29) is 0 Å². The Bertz CT molecular complexity index is 628. The minimum atomic E-state index is 0.823. The number of benzene rings is 1. The van der Waals surface area contributed by atoms with Crippen LogP contribution in [0.2, 0.25) is 0 Å². The Hall–Kier alpha value is -1.07. The van der Waals surface area contributed by atoms with E-state index >= 15 is 0 Å². The van der Waals surface area contributed by atoms with Gasteiger partial charge in [-0.1, -0.05) is 6.07 Å². The Morgan fingerprint density at radius 2 is 2.00 bits per heavy atom. The van der Waals surface area contributed by atoms with E-state index in [0.29, 0.717) is 0 Å². The number of nitrogens with zero attached hydrogens (tertiary/aromatic N) is 2. The summed E-state index contributed by atoms with van der Waals surface area (Å²) in [6.07, 6.45) is 2.86. The maximum Gasteiger partial charge on any atom is 0.143 e. The number of aromatic nitrogens is 1. The highest BCUT2D eigenvalue weighted by Crippen LogP contribution is 2.31. The van der Waals surface area contributed by atoms with Crippen LogP contribution in [0.4, 0.5) is 11.5 Å². The van der Waals surface area contributed by atoms with Crippen LogP contribution in [-0.4, -0.2) is 11.5 Å². The molecule has 19 heavy (non-hydrogen) atoms. The minimum absolute atomic E-state index is 0.823. The van der Waals surface area contributed by atoms with Gasteiger partial charge in [-0.15, -0.1) is 0 Å². The van der Waals surface area contributed by atoms with Crippen molar-refractivity contribution in [1.82, 2.24) is 4.98 Å². The Morgan fingerprint density at radius 1 is 1.16 bits per heavy atom. The third-order valence-electron chi connectivity index (χ3n) is 3.33. The molecule has 1 aliphatic heterocycles. The van der Waals surface area contributed by atoms with E-state index in [4.69, 9.17) is 5.73 Å². The van der Waals surface area contributed by atoms with Crippen LogP contribution >= 0.6 is 31.9 Å². The van der Waals surface area contributed by atoms with Gasteiger partial charge in [0.05, 0.1) is 4.47 Å². The predicted octanol–water partition coefficient (Wildman–Crippen LogP) is 3.75. The number of nitrogens with two attached hydrogens (primary N) is 1. The van der Waals surface area contributed by atoms with Crippen molar-refractivity contribution in [2.24, 2.45) is 0 Å². The molecule has 0 atom stereocenters. The summed E-state index contributed by atoms with van der Waals surface area (Å²) in [6.45, 7) is 1.83. The van der Waals surface area contributed by atoms with Crippen molar-refractivity contribution < 1.29 is 0 Å². The zero-order valence-electron chi connectivity index (χ0n) is 10.2. The van der Waals surface area contributed by atoms with Gasteiger partial charge in [-0.25, -0.2) is 4.98 Å². The Morgan fingerprint density at radius 3 is 2.79 bits per heavy atom. The molecule has 0 spiro atoms. The number of pyridine rings is 1. The van der Waals surface area contributed by atoms with Crippen molar-refractivity contribution in [3.63, 3.8) is 0 Å². The first kappa shape index (κ1) is 12.9. The molecule has 0 saturated heterocycles. The summed E-state index contributed by atoms with van der Waals surface area (Å²) < 4.78 is 1.99. The van der Waals surface area contributed by atoms with Crippen LogP contribution in [0.25, 0.3) is 0 Å². The van der Waals surface area contributed by atoms with Crippen LogP contribution in [0.15, 0.2) is 39.4 Å². The second-order valence-electron chi connectivity index (χ2n) is 4.66. The van der Waals surface area contributed by atoms with E-state index in [1.165, 1.54) is 11.1 Å². The molecule has 2 aromatic rings. The molecule has 1 aliphatic rings. The van der Waals surface area contributed by atoms with Gasteiger partial charge in [-0.3, -0.25) is 0 Å². The lowest BCUT2D eigenvalue weighted by molar-refractivity contribution is 0.719. The summed E-state index contributed by atoms with van der Waals surface area (Å²) in [4.78, 5) is 6.77. The van der Waals surface area contributed by atoms with Crippen LogP contribution in [-0.2, 0) is 13.0 Å². The molecule has 5 heteroatoms. The van der Waals surface area contributed by atoms with Crippen LogP contribution in [0, 0.1) is 0 Å². The Labute approximate surface area is 129 Å². The quantitative estimate of drug-likeness (QED) is 0.763. The lowest BCUT2D eigenvalue weighted by Crippen LogP contribution is -2.31. The molecule has 3 rings (SSSR count). The molecular formula is C14H13Br2N3. The van der Waals surface area contributed by atoms with Crippen molar-refractivity contribution in [3.05, 3.63) is 50.5 Å². The molecule has 2 heterocycles. The van der Waals surface area contributed by atoms with Crippen LogP contribution in [0.3, 0.4) is 0 Å². The van der Waals surface area contributed by atoms with E-state index in [2.05, 4.69) is 53.9 Å². The number of hydrogen-bond acceptors (Lipinski definition) is 3. The predicted molar refractivity (Wildman–Crippen MR) is 85.2 cm³/mol. The maximum absolute atomic E-state index is 5.87. The van der Waals surface area contributed by atoms with Crippen molar-refractivity contribution >= 4 is 43.4 Å². The lowest BCUT2D eigenvalue weighted by atomic mass is 9.99. The van der Waals surface area contributed by atoms with E-state index < -0.39 is 0 Å². The number of nitrogen functional groups attached to an aromatic ring is 1. The third-order valence-corrected chi connectivity index (χ3v) is 4.35. The summed E-state index contributed by atoms with van der Waals surface area (Å²) in [7, 11) is 0. The van der Waals surface area contributed by atoms with Gasteiger partial charge in [-0.2, -0.15) is 0 Å². The monoisotopic (exact) mass is 381 g/mol. The Kier molecular flexibility index (Phi) is 3.50. The van der Waals surface area contributed by atoms with Crippen molar-refractivity contribution in [2.45, 2.75) is 13.0 Å². The van der Waals surface area contributed by atoms with E-state index in [1.54, 1.807) is 0 Å². The maximum atomic E-state index is 5.87. The lowest BCUT2D eigenvalue weighted by Gasteiger charge is -2.30. The van der Waals surface area contributed by atoms with Crippen molar-refractivity contribution in [2.75, 3.05) is 17.2 Å². The SMILES string of the molecule is Nc1ccc2c(c1)CN(c1ncc(Br)cc1Br)CC2. The fourth-order valence-corrected chi connectivity index (χ4v) is 3.64. The topological polar surface area (TPSA) is 42.1 Å². The molecular weight excluding hydrogens is 370 g/mol. The van der Waals surface area contributed by atoms with Gasteiger partial charge < -0.3 is 10.6 Å². The Balaban J connectivity index is 1.93. The zero-order valence-corrected chi connectivity index (χ0v) is 13.4. The number of anilines is 2. The smallest absolute Gasteiger partial charge is 0.143 e. The van der Waals surface area contributed by atoms with Gasteiger partial charge >= 0.3 is 0 Å². The molecule has 2 N–H and O–H groups in total. The molecule has 0 amide bonds. The largest absolute Gasteiger partial charge is 0.399 e. The fourth-order valence-electron chi connectivity index (χ4n) is 2.40. The van der Waals surface area contributed by atoms with Gasteiger partial charge in [0.25, 0.3) is 0 Å². The summed E-state index contributed by atoms with van der Waals surface area (Å²) in [5.41, 5.74) is 9.37. The number of rotatable bonds is 1. The molecule has 0 unspecified atom stereocenters. The van der Waals surface area contributed by atoms with Crippen molar-refractivity contribution in [3.8, 4) is 0 Å². The summed E-state index contributed by atoms with van der Waals surface area (Å²) in [5, 5.41) is 0. The summed E-state index contributed by atoms with van der Waals surface area (Å²) in [5.74, 6) is 0.983. The second-order valence-corrected chi connectivity index (χ2v) is 6.43. The molecule has 1 aromatic heterocycles. The van der Waals surface area contributed by atoms with Gasteiger partial charge in [0, 0.05) is 29.4 Å². The molecule has 0 bridgehead atoms. The second kappa shape index (κ2) is 5.13. The molecule has 1 aromatic carbocycles. The van der Waals surface area contributed by atoms with Gasteiger partial charge in [-0.05, 0) is 67.6 Å². The van der Waals surface area contributed by atoms with E-state index in [9.17, 15) is 0 Å². The average Bonchev–Trinajstić information content (AvgIpc) is 2.38. The average molecular weight is 383 g/mol. The normalized spacial score (nSPS) is 14.3. The molecule has 0 aliphatic carbocycles. The number of halogens is 2. The van der Waals surface area contributed by atoms with Crippen LogP contribution in [0.1, 0.15) is 11.1 Å². The first-order chi connectivity index (χ1) is 9.13. The fraction of sp³-hybridized carbons (Fsp3) is 0.214. The van der Waals surface area contributed by atoms with Crippen LogP contribution in [0.5, 0.6) is 0 Å². The van der Waals surface area contributed by atoms with Crippen LogP contribution < -0.4 is 10.6 Å². The van der Waals surface area contributed by atoms with Gasteiger partial charge in [0.1, 0.15) is 5.82 Å². The third kappa shape index (κ3) is 2.62. The van der Waals surface area contributed by atoms with Gasteiger partial charge in [0.15, 0.2) is 0 Å². The minimum Gasteiger partial charge on any atom is -0.399 e. The highest BCUT2D eigenvalue weighted by Gasteiger charge is 2.19. The van der Waals surface area contributed by atoms with E-state index in [0.717, 1.165) is 40.0 Å². The highest BCUT2D eigenvalue weighted by molar-refractivity contribution is 9.11. The zero-order chi connectivity index (χ0) is 13.4. The standard InChI is InChI=1S/C14H13Br2N3/c15-11-6-13(16)14(18-7-11)19-4-3-9-1-2-12(17)5-10(9)8-19/h1-2,5-7H,3-4,8,17H2. The molecule has 0 radical (unpaired) electrons. The van der Waals surface area contributed by atoms with E-state index in [1.807, 2.05) is 18.3 Å². The number of hydrogen-bond donors (Lipinski definition) is 1. The summed E-state index contributed by atoms with van der Waals surface area (Å²) in [6, 6.07) is 8.19. The molecule has 0 fully saturated rings. The molecule has 98 valence electrons. The molecule has 0 saturated carbocycles. The highest BCUT2D eigenvalue weighted by atomic mass is 79.9. The first-order valence-corrected chi connectivity index (χ1v) is 7.65.